The molecule has 0 spiro atoms. The molecule has 0 bridgehead atoms. The normalized spacial score (nSPS) is 15.6. The summed E-state index contributed by atoms with van der Waals surface area (Å²) in [6.45, 7) is 6.87. The molecule has 3 amide bonds. The summed E-state index contributed by atoms with van der Waals surface area (Å²) in [5, 5.41) is 25.0. The van der Waals surface area contributed by atoms with Crippen LogP contribution in [0.3, 0.4) is 0 Å². The average molecular weight is 473 g/mol. The van der Waals surface area contributed by atoms with Crippen LogP contribution < -0.4 is 20.7 Å². The van der Waals surface area contributed by atoms with Crippen LogP contribution in [0.2, 0.25) is 0 Å². The number of amides is 3. The number of carboxylic acid groups (broad SMARTS) is 1. The van der Waals surface area contributed by atoms with Gasteiger partial charge in [-0.3, -0.25) is 19.9 Å². The van der Waals surface area contributed by atoms with Crippen molar-refractivity contribution < 1.29 is 29.3 Å². The summed E-state index contributed by atoms with van der Waals surface area (Å²) >= 11 is 0. The van der Waals surface area contributed by atoms with Crippen molar-refractivity contribution in [3.63, 3.8) is 0 Å². The van der Waals surface area contributed by atoms with E-state index in [2.05, 4.69) is 29.3 Å². The van der Waals surface area contributed by atoms with Crippen LogP contribution in [0.1, 0.15) is 25.3 Å². The van der Waals surface area contributed by atoms with Crippen LogP contribution in [0.25, 0.3) is 0 Å². The third kappa shape index (κ3) is 11.1. The number of benzene rings is 2. The van der Waals surface area contributed by atoms with Gasteiger partial charge in [-0.15, -0.1) is 0 Å². The highest BCUT2D eigenvalue weighted by atomic mass is 16.5. The number of aliphatic imine (C=N–C) groups is 1. The zero-order chi connectivity index (χ0) is 25.3. The molecule has 10 heteroatoms. The van der Waals surface area contributed by atoms with Crippen molar-refractivity contribution in [3.8, 4) is 11.5 Å². The fraction of sp³-hybridized carbons (Fsp3) is 0.333. The molecular formula is C24H32N4O6. The number of urea groups is 1. The van der Waals surface area contributed by atoms with Crippen molar-refractivity contribution in [2.75, 3.05) is 13.6 Å². The molecule has 1 aliphatic carbocycles. The van der Waals surface area contributed by atoms with Crippen molar-refractivity contribution in [1.29, 1.82) is 0 Å². The first-order valence-corrected chi connectivity index (χ1v) is 10.7. The largest absolute Gasteiger partial charge is 0.508 e. The first-order valence-electron chi connectivity index (χ1n) is 10.7. The van der Waals surface area contributed by atoms with Gasteiger partial charge in [0.25, 0.3) is 0 Å². The summed E-state index contributed by atoms with van der Waals surface area (Å²) < 4.78 is 5.60. The molecule has 0 unspecified atom stereocenters. The minimum atomic E-state index is -0.731. The summed E-state index contributed by atoms with van der Waals surface area (Å²) in [5.74, 6) is -0.0440. The Bertz CT molecular complexity index is 895. The predicted molar refractivity (Wildman–Crippen MR) is 130 cm³/mol. The topological polar surface area (TPSA) is 149 Å². The minimum absolute atomic E-state index is 0.0311. The zero-order valence-corrected chi connectivity index (χ0v) is 19.4. The van der Waals surface area contributed by atoms with E-state index in [0.29, 0.717) is 25.8 Å². The standard InChI is InChI=1S/C12H13NO3.C9H10N2O3.C3H9N/c1-13-9-2-4-10(5-3-9)16-11-6-8(7-11)12(14)15;12-6-11-9(14)10-5-7-1-3-8(13)4-2-7;1-3-4-2/h2-5,8,11H,1,6-7H2,(H,14,15);1-4,6,13H,5H2,(H2,10,11,12,14);4H,3H2,1-2H3. The number of nitrogens with one attached hydrogen (secondary N) is 3. The number of carbonyl (C=O) groups excluding carboxylic acids is 2. The summed E-state index contributed by atoms with van der Waals surface area (Å²) in [4.78, 5) is 35.0. The number of phenolic OH excluding ortho intramolecular Hbond substituents is 1. The number of ether oxygens (including phenoxy) is 1. The number of imide groups is 1. The van der Waals surface area contributed by atoms with Crippen molar-refractivity contribution in [3.05, 3.63) is 54.1 Å². The predicted octanol–water partition coefficient (Wildman–Crippen LogP) is 2.83. The number of hydrogen-bond donors (Lipinski definition) is 5. The maximum Gasteiger partial charge on any atom is 0.321 e. The molecule has 2 aromatic carbocycles. The Morgan fingerprint density at radius 2 is 1.74 bits per heavy atom. The molecule has 0 saturated heterocycles. The lowest BCUT2D eigenvalue weighted by Gasteiger charge is -2.32. The van der Waals surface area contributed by atoms with E-state index in [4.69, 9.17) is 14.9 Å². The fourth-order valence-corrected chi connectivity index (χ4v) is 2.59. The molecule has 184 valence electrons. The number of aromatic hydroxyl groups is 1. The molecule has 1 aliphatic rings. The van der Waals surface area contributed by atoms with Gasteiger partial charge in [0.2, 0.25) is 6.41 Å². The van der Waals surface area contributed by atoms with Crippen molar-refractivity contribution >= 4 is 30.8 Å². The molecule has 1 fully saturated rings. The van der Waals surface area contributed by atoms with E-state index in [1.165, 1.54) is 12.1 Å². The molecule has 0 heterocycles. The Kier molecular flexibility index (Phi) is 13.1. The number of hydrogen-bond acceptors (Lipinski definition) is 7. The number of phenols is 1. The second kappa shape index (κ2) is 15.8. The molecule has 0 aliphatic heterocycles. The average Bonchev–Trinajstić information content (AvgIpc) is 2.81. The Hall–Kier alpha value is -3.92. The monoisotopic (exact) mass is 472 g/mol. The van der Waals surface area contributed by atoms with Gasteiger partial charge in [0.05, 0.1) is 11.6 Å². The number of rotatable bonds is 8. The maximum absolute atomic E-state index is 10.8. The number of carboxylic acids is 1. The Morgan fingerprint density at radius 1 is 1.15 bits per heavy atom. The van der Waals surface area contributed by atoms with Gasteiger partial charge < -0.3 is 25.6 Å². The third-order valence-electron chi connectivity index (χ3n) is 4.70. The molecule has 2 aromatic rings. The highest BCUT2D eigenvalue weighted by molar-refractivity contribution is 5.84. The van der Waals surface area contributed by atoms with Crippen LogP contribution in [0.5, 0.6) is 11.5 Å². The van der Waals surface area contributed by atoms with E-state index in [1.807, 2.05) is 36.6 Å². The van der Waals surface area contributed by atoms with E-state index in [-0.39, 0.29) is 17.8 Å². The van der Waals surface area contributed by atoms with Gasteiger partial charge in [0.15, 0.2) is 0 Å². The van der Waals surface area contributed by atoms with E-state index in [0.717, 1.165) is 23.5 Å². The summed E-state index contributed by atoms with van der Waals surface area (Å²) in [6, 6.07) is 13.1. The van der Waals surface area contributed by atoms with Crippen molar-refractivity contribution in [1.82, 2.24) is 16.0 Å². The molecule has 3 rings (SSSR count). The van der Waals surface area contributed by atoms with Crippen molar-refractivity contribution in [2.45, 2.75) is 32.4 Å². The van der Waals surface area contributed by atoms with E-state index >= 15 is 0 Å². The van der Waals surface area contributed by atoms with Crippen LogP contribution in [0.15, 0.2) is 53.5 Å². The maximum atomic E-state index is 10.8. The molecule has 10 nitrogen and oxygen atoms in total. The smallest absolute Gasteiger partial charge is 0.321 e. The summed E-state index contributed by atoms with van der Waals surface area (Å²) in [7, 11) is 1.93. The molecule has 34 heavy (non-hydrogen) atoms. The molecule has 5 N–H and O–H groups in total. The Balaban J connectivity index is 0.000000297. The third-order valence-corrected chi connectivity index (χ3v) is 4.70. The van der Waals surface area contributed by atoms with Gasteiger partial charge in [-0.05, 0) is 75.1 Å². The van der Waals surface area contributed by atoms with Gasteiger partial charge in [0, 0.05) is 6.54 Å². The van der Waals surface area contributed by atoms with Crippen LogP contribution in [0, 0.1) is 5.92 Å². The molecule has 0 atom stereocenters. The van der Waals surface area contributed by atoms with Crippen molar-refractivity contribution in [2.24, 2.45) is 10.9 Å². The lowest BCUT2D eigenvalue weighted by atomic mass is 9.82. The quantitative estimate of drug-likeness (QED) is 0.293. The first-order chi connectivity index (χ1) is 16.3. The minimum Gasteiger partial charge on any atom is -0.508 e. The van der Waals surface area contributed by atoms with Crippen LogP contribution in [0.4, 0.5) is 10.5 Å². The Labute approximate surface area is 199 Å². The fourth-order valence-electron chi connectivity index (χ4n) is 2.59. The molecule has 0 radical (unpaired) electrons. The van der Waals surface area contributed by atoms with Gasteiger partial charge in [0.1, 0.15) is 17.6 Å². The van der Waals surface area contributed by atoms with E-state index in [9.17, 15) is 14.4 Å². The van der Waals surface area contributed by atoms with E-state index < -0.39 is 12.0 Å². The number of carbonyl (C=O) groups is 3. The highest BCUT2D eigenvalue weighted by Crippen LogP contribution is 2.31. The van der Waals surface area contributed by atoms with Crippen LogP contribution >= 0.6 is 0 Å². The molecule has 0 aromatic heterocycles. The number of nitrogens with zero attached hydrogens (tertiary/aromatic N) is 1. The van der Waals surface area contributed by atoms with Crippen LogP contribution in [-0.2, 0) is 16.1 Å². The second-order valence-corrected chi connectivity index (χ2v) is 7.22. The zero-order valence-electron chi connectivity index (χ0n) is 19.4. The Morgan fingerprint density at radius 3 is 2.21 bits per heavy atom. The number of aliphatic carboxylic acids is 1. The lowest BCUT2D eigenvalue weighted by molar-refractivity contribution is -0.147. The molecular weight excluding hydrogens is 440 g/mol. The summed E-state index contributed by atoms with van der Waals surface area (Å²) in [5.41, 5.74) is 1.63. The van der Waals surface area contributed by atoms with E-state index in [1.54, 1.807) is 12.1 Å². The van der Waals surface area contributed by atoms with Gasteiger partial charge >= 0.3 is 12.0 Å². The van der Waals surface area contributed by atoms with Gasteiger partial charge in [-0.2, -0.15) is 0 Å². The lowest BCUT2D eigenvalue weighted by Crippen LogP contribution is -2.38. The first kappa shape index (κ1) is 28.1. The second-order valence-electron chi connectivity index (χ2n) is 7.22. The SMILES string of the molecule is C=Nc1ccc(OC2CC(C(=O)O)C2)cc1.CCNC.O=CNC(=O)NCc1ccc(O)cc1. The van der Waals surface area contributed by atoms with Gasteiger partial charge in [-0.25, -0.2) is 4.79 Å². The van der Waals surface area contributed by atoms with Crippen LogP contribution in [-0.4, -0.2) is 55.0 Å². The van der Waals surface area contributed by atoms with Gasteiger partial charge in [-0.1, -0.05) is 19.1 Å². The highest BCUT2D eigenvalue weighted by Gasteiger charge is 2.35. The molecule has 1 saturated carbocycles. The summed E-state index contributed by atoms with van der Waals surface area (Å²) in [6.07, 6.45) is 1.53.